The molecule has 0 aliphatic rings. The Labute approximate surface area is 213 Å². The number of nitrogens with one attached hydrogen (secondary N) is 1. The van der Waals surface area contributed by atoms with Crippen molar-refractivity contribution in [2.45, 2.75) is 6.92 Å². The minimum absolute atomic E-state index is 0. The fourth-order valence-electron chi connectivity index (χ4n) is 3.84. The van der Waals surface area contributed by atoms with E-state index in [1.165, 1.54) is 4.68 Å². The number of pyridine rings is 1. The van der Waals surface area contributed by atoms with Gasteiger partial charge in [0.15, 0.2) is 5.78 Å². The van der Waals surface area contributed by atoms with Gasteiger partial charge in [0.05, 0.1) is 23.1 Å². The highest BCUT2D eigenvalue weighted by atomic mass is 35.5. The summed E-state index contributed by atoms with van der Waals surface area (Å²) in [4.78, 5) is 30.2. The van der Waals surface area contributed by atoms with E-state index < -0.39 is 0 Å². The average Bonchev–Trinajstić information content (AvgIpc) is 3.44. The quantitative estimate of drug-likeness (QED) is 0.332. The maximum atomic E-state index is 13.3. The maximum absolute atomic E-state index is 13.3. The number of nitrogens with zero attached hydrogens (tertiary/aromatic N) is 5. The molecule has 0 atom stereocenters. The number of carbonyl (C=O) groups is 2. The Morgan fingerprint density at radius 1 is 0.972 bits per heavy atom. The fraction of sp³-hybridized carbons (Fsp3) is 0.0741. The molecular formula is C27H23ClN6O2. The van der Waals surface area contributed by atoms with E-state index in [4.69, 9.17) is 0 Å². The van der Waals surface area contributed by atoms with E-state index in [2.05, 4.69) is 20.5 Å². The summed E-state index contributed by atoms with van der Waals surface area (Å²) in [5, 5.41) is 12.4. The number of carbonyl (C=O) groups excluding carboxylic acids is 2. The van der Waals surface area contributed by atoms with Gasteiger partial charge in [0.2, 0.25) is 0 Å². The van der Waals surface area contributed by atoms with E-state index >= 15 is 0 Å². The van der Waals surface area contributed by atoms with Crippen LogP contribution in [-0.2, 0) is 7.05 Å². The molecular weight excluding hydrogens is 476 g/mol. The monoisotopic (exact) mass is 498 g/mol. The second kappa shape index (κ2) is 10.4. The minimum atomic E-state index is -0.289. The number of anilines is 1. The summed E-state index contributed by atoms with van der Waals surface area (Å²) in [6, 6.07) is 19.8. The van der Waals surface area contributed by atoms with Gasteiger partial charge in [-0.25, -0.2) is 4.68 Å². The highest BCUT2D eigenvalue weighted by Gasteiger charge is 2.15. The van der Waals surface area contributed by atoms with Crippen LogP contribution in [0.3, 0.4) is 0 Å². The van der Waals surface area contributed by atoms with Gasteiger partial charge in [-0.3, -0.25) is 19.3 Å². The molecule has 36 heavy (non-hydrogen) atoms. The molecule has 0 saturated carbocycles. The molecule has 0 aliphatic heterocycles. The van der Waals surface area contributed by atoms with Crippen LogP contribution in [0.2, 0.25) is 0 Å². The molecule has 3 aromatic heterocycles. The van der Waals surface area contributed by atoms with Crippen LogP contribution in [0.25, 0.3) is 23.2 Å². The van der Waals surface area contributed by atoms with E-state index in [-0.39, 0.29) is 24.1 Å². The number of hydrogen-bond acceptors (Lipinski definition) is 5. The van der Waals surface area contributed by atoms with Crippen LogP contribution < -0.4 is 5.32 Å². The Hall–Kier alpha value is -4.56. The molecule has 0 saturated heterocycles. The molecule has 5 aromatic rings. The highest BCUT2D eigenvalue weighted by Crippen LogP contribution is 2.21. The van der Waals surface area contributed by atoms with Crippen LogP contribution >= 0.6 is 12.4 Å². The lowest BCUT2D eigenvalue weighted by atomic mass is 10.0. The Morgan fingerprint density at radius 2 is 1.81 bits per heavy atom. The number of amides is 1. The Morgan fingerprint density at radius 3 is 2.56 bits per heavy atom. The van der Waals surface area contributed by atoms with Gasteiger partial charge in [0.25, 0.3) is 5.91 Å². The zero-order chi connectivity index (χ0) is 24.4. The first kappa shape index (κ1) is 24.6. The average molecular weight is 499 g/mol. The summed E-state index contributed by atoms with van der Waals surface area (Å²) < 4.78 is 3.24. The Bertz CT molecular complexity index is 1590. The van der Waals surface area contributed by atoms with Crippen LogP contribution in [0.15, 0.2) is 79.1 Å². The van der Waals surface area contributed by atoms with Gasteiger partial charge < -0.3 is 5.32 Å². The largest absolute Gasteiger partial charge is 0.321 e. The van der Waals surface area contributed by atoms with Gasteiger partial charge in [-0.15, -0.1) is 12.4 Å². The molecule has 0 aliphatic carbocycles. The molecule has 1 amide bonds. The lowest BCUT2D eigenvalue weighted by molar-refractivity contribution is 0.101. The predicted octanol–water partition coefficient (Wildman–Crippen LogP) is 5.01. The van der Waals surface area contributed by atoms with Gasteiger partial charge in [-0.1, -0.05) is 30.3 Å². The number of aryl methyl sites for hydroxylation is 2. The lowest BCUT2D eigenvalue weighted by Gasteiger charge is -2.08. The van der Waals surface area contributed by atoms with E-state index in [9.17, 15) is 9.59 Å². The first-order chi connectivity index (χ1) is 17.0. The zero-order valence-electron chi connectivity index (χ0n) is 19.6. The molecule has 0 radical (unpaired) electrons. The van der Waals surface area contributed by atoms with Crippen molar-refractivity contribution in [3.63, 3.8) is 0 Å². The van der Waals surface area contributed by atoms with Crippen molar-refractivity contribution in [1.29, 1.82) is 0 Å². The topological polar surface area (TPSA) is 94.7 Å². The normalized spacial score (nSPS) is 10.9. The number of ketones is 1. The third kappa shape index (κ3) is 5.08. The van der Waals surface area contributed by atoms with Gasteiger partial charge in [-0.05, 0) is 49.4 Å². The minimum Gasteiger partial charge on any atom is -0.321 e. The van der Waals surface area contributed by atoms with E-state index in [1.54, 1.807) is 60.5 Å². The van der Waals surface area contributed by atoms with Crippen LogP contribution in [0, 0.1) is 6.92 Å². The molecule has 0 bridgehead atoms. The molecule has 8 nitrogen and oxygen atoms in total. The molecule has 1 N–H and O–H groups in total. The first-order valence-corrected chi connectivity index (χ1v) is 11.0. The van der Waals surface area contributed by atoms with Crippen LogP contribution in [0.1, 0.15) is 37.8 Å². The molecule has 0 spiro atoms. The van der Waals surface area contributed by atoms with Crippen LogP contribution in [0.4, 0.5) is 5.69 Å². The lowest BCUT2D eigenvalue weighted by Crippen LogP contribution is -2.16. The third-order valence-electron chi connectivity index (χ3n) is 5.55. The van der Waals surface area contributed by atoms with Crippen molar-refractivity contribution in [2.75, 3.05) is 5.32 Å². The molecule has 5 rings (SSSR count). The standard InChI is InChI=1S/C27H22N6O2.ClH/c1-18-14-25(32(2)31-18)27(35)30-23-8-5-6-19(15-23)26(34)20-9-10-21-17-29-33(24(21)16-20)13-11-22-7-3-4-12-28-22;/h3-17H,1-2H3,(H,30,35);1H. The number of aromatic nitrogens is 5. The molecule has 9 heteroatoms. The number of fused-ring (bicyclic) bond motifs is 1. The number of benzene rings is 2. The molecule has 180 valence electrons. The molecule has 3 heterocycles. The summed E-state index contributed by atoms with van der Waals surface area (Å²) in [5.74, 6) is -0.441. The SMILES string of the molecule is Cc1cc(C(=O)Nc2cccc(C(=O)c3ccc4cnn(C=Cc5ccccn5)c4c3)c2)n(C)n1.Cl. The van der Waals surface area contributed by atoms with E-state index in [1.807, 2.05) is 49.5 Å². The van der Waals surface area contributed by atoms with Crippen molar-refractivity contribution in [3.8, 4) is 0 Å². The van der Waals surface area contributed by atoms with Crippen molar-refractivity contribution in [2.24, 2.45) is 7.05 Å². The fourth-order valence-corrected chi connectivity index (χ4v) is 3.84. The van der Waals surface area contributed by atoms with E-state index in [0.29, 0.717) is 22.5 Å². The first-order valence-electron chi connectivity index (χ1n) is 11.0. The Balaban J connectivity index is 0.00000304. The van der Waals surface area contributed by atoms with Gasteiger partial charge in [0, 0.05) is 41.6 Å². The summed E-state index contributed by atoms with van der Waals surface area (Å²) in [6.07, 6.45) is 7.15. The number of rotatable bonds is 6. The smallest absolute Gasteiger partial charge is 0.273 e. The van der Waals surface area contributed by atoms with Crippen LogP contribution in [0.5, 0.6) is 0 Å². The molecule has 2 aromatic carbocycles. The van der Waals surface area contributed by atoms with Gasteiger partial charge in [0.1, 0.15) is 5.69 Å². The van der Waals surface area contributed by atoms with E-state index in [0.717, 1.165) is 22.3 Å². The molecule has 0 fully saturated rings. The summed E-state index contributed by atoms with van der Waals surface area (Å²) in [6.45, 7) is 1.83. The predicted molar refractivity (Wildman–Crippen MR) is 142 cm³/mol. The van der Waals surface area contributed by atoms with Gasteiger partial charge >= 0.3 is 0 Å². The van der Waals surface area contributed by atoms with Crippen molar-refractivity contribution < 1.29 is 9.59 Å². The van der Waals surface area contributed by atoms with Crippen molar-refractivity contribution in [3.05, 3.63) is 107 Å². The highest BCUT2D eigenvalue weighted by molar-refractivity contribution is 6.11. The maximum Gasteiger partial charge on any atom is 0.273 e. The van der Waals surface area contributed by atoms with Crippen LogP contribution in [-0.4, -0.2) is 36.2 Å². The summed E-state index contributed by atoms with van der Waals surface area (Å²) in [7, 11) is 1.72. The summed E-state index contributed by atoms with van der Waals surface area (Å²) in [5.41, 5.74) is 4.34. The van der Waals surface area contributed by atoms with Crippen molar-refractivity contribution >= 4 is 53.0 Å². The van der Waals surface area contributed by atoms with Crippen molar-refractivity contribution in [1.82, 2.24) is 24.5 Å². The van der Waals surface area contributed by atoms with Gasteiger partial charge in [-0.2, -0.15) is 10.2 Å². The number of hydrogen-bond donors (Lipinski definition) is 1. The third-order valence-corrected chi connectivity index (χ3v) is 5.55. The number of halogens is 1. The zero-order valence-corrected chi connectivity index (χ0v) is 20.4. The Kier molecular flexibility index (Phi) is 7.07. The second-order valence-electron chi connectivity index (χ2n) is 8.09. The molecule has 0 unspecified atom stereocenters. The second-order valence-corrected chi connectivity index (χ2v) is 8.09. The summed E-state index contributed by atoms with van der Waals surface area (Å²) >= 11 is 0.